The summed E-state index contributed by atoms with van der Waals surface area (Å²) in [6.45, 7) is 1.21. The van der Waals surface area contributed by atoms with Crippen LogP contribution in [0.3, 0.4) is 0 Å². The van der Waals surface area contributed by atoms with E-state index in [0.29, 0.717) is 29.8 Å². The molecule has 0 atom stereocenters. The van der Waals surface area contributed by atoms with Gasteiger partial charge in [0, 0.05) is 18.7 Å². The van der Waals surface area contributed by atoms with Crippen molar-refractivity contribution < 1.29 is 9.53 Å². The molecule has 0 aliphatic carbocycles. The Morgan fingerprint density at radius 1 is 1.47 bits per heavy atom. The van der Waals surface area contributed by atoms with Crippen molar-refractivity contribution in [1.29, 1.82) is 0 Å². The number of halogens is 2. The third-order valence-electron chi connectivity index (χ3n) is 2.26. The Bertz CT molecular complexity index is 399. The molecule has 0 aliphatic heterocycles. The van der Waals surface area contributed by atoms with Crippen LogP contribution in [0.15, 0.2) is 12.1 Å². The van der Waals surface area contributed by atoms with E-state index < -0.39 is 0 Å². The molecule has 94 valence electrons. The van der Waals surface area contributed by atoms with Gasteiger partial charge in [0.15, 0.2) is 0 Å². The number of aromatic nitrogens is 1. The van der Waals surface area contributed by atoms with Crippen molar-refractivity contribution in [2.75, 3.05) is 20.7 Å². The zero-order valence-corrected chi connectivity index (χ0v) is 11.3. The predicted octanol–water partition coefficient (Wildman–Crippen LogP) is 2.38. The molecule has 0 bridgehead atoms. The van der Waals surface area contributed by atoms with Crippen LogP contribution in [0.4, 0.5) is 0 Å². The van der Waals surface area contributed by atoms with Crippen LogP contribution in [0, 0.1) is 0 Å². The van der Waals surface area contributed by atoms with Crippen molar-refractivity contribution in [2.45, 2.75) is 13.0 Å². The molecule has 0 fully saturated rings. The SMILES string of the molecule is COC(=O)CCN(C)Cc1ccc(Cl)nc1Cl. The van der Waals surface area contributed by atoms with Crippen molar-refractivity contribution in [2.24, 2.45) is 0 Å². The van der Waals surface area contributed by atoms with Gasteiger partial charge in [0.05, 0.1) is 13.5 Å². The maximum Gasteiger partial charge on any atom is 0.306 e. The summed E-state index contributed by atoms with van der Waals surface area (Å²) in [6, 6.07) is 3.52. The highest BCUT2D eigenvalue weighted by Gasteiger charge is 2.08. The topological polar surface area (TPSA) is 42.4 Å². The Morgan fingerprint density at radius 3 is 2.76 bits per heavy atom. The molecule has 17 heavy (non-hydrogen) atoms. The number of pyridine rings is 1. The van der Waals surface area contributed by atoms with E-state index >= 15 is 0 Å². The maximum absolute atomic E-state index is 11.0. The summed E-state index contributed by atoms with van der Waals surface area (Å²) in [4.78, 5) is 16.9. The number of methoxy groups -OCH3 is 1. The number of rotatable bonds is 5. The van der Waals surface area contributed by atoms with Gasteiger partial charge in [-0.3, -0.25) is 4.79 Å². The molecule has 1 aromatic rings. The summed E-state index contributed by atoms with van der Waals surface area (Å²) in [6.07, 6.45) is 0.353. The zero-order valence-electron chi connectivity index (χ0n) is 9.74. The van der Waals surface area contributed by atoms with Gasteiger partial charge in [0.1, 0.15) is 10.3 Å². The van der Waals surface area contributed by atoms with Gasteiger partial charge in [-0.05, 0) is 13.1 Å². The van der Waals surface area contributed by atoms with Crippen LogP contribution >= 0.6 is 23.2 Å². The molecule has 0 aliphatic rings. The van der Waals surface area contributed by atoms with Crippen LogP contribution in [0.2, 0.25) is 10.3 Å². The lowest BCUT2D eigenvalue weighted by Gasteiger charge is -2.16. The third kappa shape index (κ3) is 4.89. The first kappa shape index (κ1) is 14.2. The Labute approximate surface area is 110 Å². The van der Waals surface area contributed by atoms with Crippen LogP contribution < -0.4 is 0 Å². The quantitative estimate of drug-likeness (QED) is 0.612. The van der Waals surface area contributed by atoms with Crippen LogP contribution in [0.25, 0.3) is 0 Å². The highest BCUT2D eigenvalue weighted by Crippen LogP contribution is 2.17. The van der Waals surface area contributed by atoms with Gasteiger partial charge >= 0.3 is 5.97 Å². The van der Waals surface area contributed by atoms with Gasteiger partial charge < -0.3 is 9.64 Å². The lowest BCUT2D eigenvalue weighted by atomic mass is 10.2. The smallest absolute Gasteiger partial charge is 0.306 e. The number of hydrogen-bond donors (Lipinski definition) is 0. The predicted molar refractivity (Wildman–Crippen MR) is 67.2 cm³/mol. The molecule has 0 saturated carbocycles. The van der Waals surface area contributed by atoms with Crippen LogP contribution in [0.5, 0.6) is 0 Å². The first-order valence-corrected chi connectivity index (χ1v) is 5.85. The van der Waals surface area contributed by atoms with Gasteiger partial charge in [-0.2, -0.15) is 0 Å². The molecular weight excluding hydrogens is 263 g/mol. The second kappa shape index (κ2) is 6.79. The van der Waals surface area contributed by atoms with Crippen molar-refractivity contribution in [3.05, 3.63) is 28.0 Å². The highest BCUT2D eigenvalue weighted by molar-refractivity contribution is 6.32. The largest absolute Gasteiger partial charge is 0.469 e. The lowest BCUT2D eigenvalue weighted by molar-refractivity contribution is -0.140. The van der Waals surface area contributed by atoms with Gasteiger partial charge in [-0.15, -0.1) is 0 Å². The Morgan fingerprint density at radius 2 is 2.18 bits per heavy atom. The second-order valence-corrected chi connectivity index (χ2v) is 4.39. The zero-order chi connectivity index (χ0) is 12.8. The average Bonchev–Trinajstić information content (AvgIpc) is 2.29. The third-order valence-corrected chi connectivity index (χ3v) is 2.80. The fourth-order valence-corrected chi connectivity index (χ4v) is 1.72. The number of esters is 1. The molecule has 6 heteroatoms. The standard InChI is InChI=1S/C11H14Cl2N2O2/c1-15(6-5-10(16)17-2)7-8-3-4-9(12)14-11(8)13/h3-4H,5-7H2,1-2H3. The molecular formula is C11H14Cl2N2O2. The second-order valence-electron chi connectivity index (χ2n) is 3.65. The lowest BCUT2D eigenvalue weighted by Crippen LogP contribution is -2.22. The van der Waals surface area contributed by atoms with Gasteiger partial charge in [0.2, 0.25) is 0 Å². The van der Waals surface area contributed by atoms with Gasteiger partial charge in [-0.25, -0.2) is 4.98 Å². The summed E-state index contributed by atoms with van der Waals surface area (Å²) >= 11 is 11.7. The summed E-state index contributed by atoms with van der Waals surface area (Å²) < 4.78 is 4.57. The molecule has 0 spiro atoms. The molecule has 0 radical (unpaired) electrons. The van der Waals surface area contributed by atoms with Gasteiger partial charge in [-0.1, -0.05) is 29.3 Å². The summed E-state index contributed by atoms with van der Waals surface area (Å²) in [5.74, 6) is -0.225. The first-order valence-electron chi connectivity index (χ1n) is 5.09. The number of carbonyl (C=O) groups excluding carboxylic acids is 1. The molecule has 1 rings (SSSR count). The molecule has 1 heterocycles. The number of carbonyl (C=O) groups is 1. The van der Waals surface area contributed by atoms with Crippen LogP contribution in [-0.4, -0.2) is 36.6 Å². The van der Waals surface area contributed by atoms with Crippen LogP contribution in [0.1, 0.15) is 12.0 Å². The number of hydrogen-bond acceptors (Lipinski definition) is 4. The molecule has 0 unspecified atom stereocenters. The number of ether oxygens (including phenoxy) is 1. The highest BCUT2D eigenvalue weighted by atomic mass is 35.5. The van der Waals surface area contributed by atoms with E-state index in [1.54, 1.807) is 6.07 Å². The minimum atomic E-state index is -0.225. The fourth-order valence-electron chi connectivity index (χ4n) is 1.31. The van der Waals surface area contributed by atoms with E-state index in [1.807, 2.05) is 18.0 Å². The monoisotopic (exact) mass is 276 g/mol. The normalized spacial score (nSPS) is 10.6. The summed E-state index contributed by atoms with van der Waals surface area (Å²) in [5.41, 5.74) is 0.878. The first-order chi connectivity index (χ1) is 8.02. The Kier molecular flexibility index (Phi) is 5.68. The fraction of sp³-hybridized carbons (Fsp3) is 0.455. The maximum atomic E-state index is 11.0. The van der Waals surface area contributed by atoms with E-state index in [-0.39, 0.29) is 5.97 Å². The minimum Gasteiger partial charge on any atom is -0.469 e. The molecule has 0 aromatic carbocycles. The van der Waals surface area contributed by atoms with E-state index in [1.165, 1.54) is 7.11 Å². The van der Waals surface area contributed by atoms with E-state index in [0.717, 1.165) is 5.56 Å². The summed E-state index contributed by atoms with van der Waals surface area (Å²) in [5, 5.41) is 0.762. The van der Waals surface area contributed by atoms with Crippen LogP contribution in [-0.2, 0) is 16.1 Å². The average molecular weight is 277 g/mol. The summed E-state index contributed by atoms with van der Waals surface area (Å²) in [7, 11) is 3.27. The van der Waals surface area contributed by atoms with Crippen molar-refractivity contribution in [3.63, 3.8) is 0 Å². The molecule has 0 saturated heterocycles. The van der Waals surface area contributed by atoms with E-state index in [2.05, 4.69) is 9.72 Å². The van der Waals surface area contributed by atoms with Crippen molar-refractivity contribution in [3.8, 4) is 0 Å². The van der Waals surface area contributed by atoms with E-state index in [4.69, 9.17) is 23.2 Å². The van der Waals surface area contributed by atoms with Gasteiger partial charge in [0.25, 0.3) is 0 Å². The minimum absolute atomic E-state index is 0.225. The molecule has 0 amide bonds. The Hall–Kier alpha value is -0.840. The van der Waals surface area contributed by atoms with Crippen molar-refractivity contribution in [1.82, 2.24) is 9.88 Å². The van der Waals surface area contributed by atoms with E-state index in [9.17, 15) is 4.79 Å². The Balaban J connectivity index is 2.50. The number of nitrogens with zero attached hydrogens (tertiary/aromatic N) is 2. The molecule has 4 nitrogen and oxygen atoms in total. The molecule has 1 aromatic heterocycles. The van der Waals surface area contributed by atoms with Crippen molar-refractivity contribution >= 4 is 29.2 Å². The molecule has 0 N–H and O–H groups in total.